The highest BCUT2D eigenvalue weighted by Gasteiger charge is 2.06. The Labute approximate surface area is 73.6 Å². The Hall–Kier alpha value is -1.12. The van der Waals surface area contributed by atoms with E-state index in [1.807, 2.05) is 13.8 Å². The number of carbonyl (C=O) groups excluding carboxylic acids is 1. The van der Waals surface area contributed by atoms with Crippen molar-refractivity contribution in [2.75, 3.05) is 7.05 Å². The summed E-state index contributed by atoms with van der Waals surface area (Å²) in [4.78, 5) is 14.9. The van der Waals surface area contributed by atoms with Crippen LogP contribution in [0.3, 0.4) is 0 Å². The van der Waals surface area contributed by atoms with Crippen LogP contribution in [-0.2, 0) is 4.79 Å². The van der Waals surface area contributed by atoms with Gasteiger partial charge in [0.15, 0.2) is 5.78 Å². The lowest BCUT2D eigenvalue weighted by Crippen LogP contribution is -2.04. The van der Waals surface area contributed by atoms with Crippen LogP contribution in [0.15, 0.2) is 16.8 Å². The zero-order valence-electron chi connectivity index (χ0n) is 8.09. The fourth-order valence-electron chi connectivity index (χ4n) is 0.839. The third-order valence-electron chi connectivity index (χ3n) is 1.45. The van der Waals surface area contributed by atoms with Crippen molar-refractivity contribution in [2.24, 2.45) is 10.9 Å². The Morgan fingerprint density at radius 1 is 1.50 bits per heavy atom. The van der Waals surface area contributed by atoms with Gasteiger partial charge in [0, 0.05) is 18.8 Å². The second-order valence-electron chi connectivity index (χ2n) is 2.86. The van der Waals surface area contributed by atoms with Gasteiger partial charge in [0.25, 0.3) is 0 Å². The summed E-state index contributed by atoms with van der Waals surface area (Å²) in [5.74, 6) is 0.315. The number of ketones is 1. The van der Waals surface area contributed by atoms with E-state index in [2.05, 4.69) is 10.3 Å². The zero-order chi connectivity index (χ0) is 9.56. The predicted octanol–water partition coefficient (Wildman–Crippen LogP) is 1.36. The second-order valence-corrected chi connectivity index (χ2v) is 2.86. The van der Waals surface area contributed by atoms with Gasteiger partial charge in [-0.2, -0.15) is 0 Å². The molecule has 0 aromatic carbocycles. The number of carbonyl (C=O) groups is 1. The van der Waals surface area contributed by atoms with E-state index in [9.17, 15) is 4.79 Å². The molecular weight excluding hydrogens is 152 g/mol. The highest BCUT2D eigenvalue weighted by Crippen LogP contribution is 2.09. The lowest BCUT2D eigenvalue weighted by Gasteiger charge is -2.04. The lowest BCUT2D eigenvalue weighted by atomic mass is 10.0. The number of aliphatic imine (C=N–C) groups is 1. The number of allylic oxidation sites excluding steroid dienone is 1. The van der Waals surface area contributed by atoms with Gasteiger partial charge in [-0.3, -0.25) is 4.79 Å². The maximum atomic E-state index is 11.0. The van der Waals surface area contributed by atoms with E-state index in [0.29, 0.717) is 0 Å². The first-order valence-corrected chi connectivity index (χ1v) is 3.99. The van der Waals surface area contributed by atoms with Crippen LogP contribution < -0.4 is 5.32 Å². The second kappa shape index (κ2) is 5.52. The third kappa shape index (κ3) is 3.91. The quantitative estimate of drug-likeness (QED) is 0.391. The first-order valence-electron chi connectivity index (χ1n) is 3.99. The van der Waals surface area contributed by atoms with Gasteiger partial charge in [-0.15, -0.1) is 0 Å². The molecule has 0 fully saturated rings. The SMILES string of the molecule is CN/C=N\C=C(/C(C)=O)C(C)C. The molecule has 0 saturated carbocycles. The highest BCUT2D eigenvalue weighted by atomic mass is 16.1. The van der Waals surface area contributed by atoms with Crippen LogP contribution in [0.1, 0.15) is 20.8 Å². The summed E-state index contributed by atoms with van der Waals surface area (Å²) in [6.45, 7) is 5.50. The fourth-order valence-corrected chi connectivity index (χ4v) is 0.839. The molecule has 0 atom stereocenters. The van der Waals surface area contributed by atoms with Crippen molar-refractivity contribution in [3.05, 3.63) is 11.8 Å². The molecular formula is C9H16N2O. The molecule has 0 bridgehead atoms. The van der Waals surface area contributed by atoms with Gasteiger partial charge in [-0.25, -0.2) is 4.99 Å². The van der Waals surface area contributed by atoms with Crippen LogP contribution >= 0.6 is 0 Å². The number of hydrogen-bond acceptors (Lipinski definition) is 2. The molecule has 0 heterocycles. The van der Waals surface area contributed by atoms with E-state index in [-0.39, 0.29) is 11.7 Å². The molecule has 0 aliphatic heterocycles. The van der Waals surface area contributed by atoms with Crippen molar-refractivity contribution in [1.82, 2.24) is 5.32 Å². The molecule has 0 aromatic heterocycles. The normalized spacial score (nSPS) is 12.6. The molecule has 0 amide bonds. The maximum absolute atomic E-state index is 11.0. The summed E-state index contributed by atoms with van der Waals surface area (Å²) >= 11 is 0. The van der Waals surface area contributed by atoms with Gasteiger partial charge in [0.2, 0.25) is 0 Å². The molecule has 0 aliphatic carbocycles. The van der Waals surface area contributed by atoms with Crippen LogP contribution in [0.5, 0.6) is 0 Å². The molecule has 0 saturated heterocycles. The Kier molecular flexibility index (Phi) is 5.00. The molecule has 0 spiro atoms. The smallest absolute Gasteiger partial charge is 0.157 e. The summed E-state index contributed by atoms with van der Waals surface area (Å²) in [5, 5.41) is 2.75. The standard InChI is InChI=1S/C9H16N2O/c1-7(2)9(8(3)12)5-11-6-10-4/h5-7H,1-4H3,(H,10,11)/b9-5-. The summed E-state index contributed by atoms with van der Waals surface area (Å²) < 4.78 is 0. The Balaban J connectivity index is 4.40. The number of nitrogens with zero attached hydrogens (tertiary/aromatic N) is 1. The average molecular weight is 168 g/mol. The van der Waals surface area contributed by atoms with Gasteiger partial charge in [-0.05, 0) is 12.8 Å². The van der Waals surface area contributed by atoms with E-state index in [4.69, 9.17) is 0 Å². The first-order chi connectivity index (χ1) is 5.59. The molecule has 0 radical (unpaired) electrons. The topological polar surface area (TPSA) is 41.5 Å². The summed E-state index contributed by atoms with van der Waals surface area (Å²) in [6, 6.07) is 0. The monoisotopic (exact) mass is 168 g/mol. The summed E-state index contributed by atoms with van der Waals surface area (Å²) in [6.07, 6.45) is 3.15. The maximum Gasteiger partial charge on any atom is 0.157 e. The molecule has 1 N–H and O–H groups in total. The van der Waals surface area contributed by atoms with Crippen molar-refractivity contribution in [3.8, 4) is 0 Å². The van der Waals surface area contributed by atoms with Crippen LogP contribution in [0.4, 0.5) is 0 Å². The van der Waals surface area contributed by atoms with Crippen molar-refractivity contribution >= 4 is 12.1 Å². The zero-order valence-corrected chi connectivity index (χ0v) is 8.09. The Morgan fingerprint density at radius 3 is 2.42 bits per heavy atom. The summed E-state index contributed by atoms with van der Waals surface area (Å²) in [7, 11) is 1.76. The molecule has 68 valence electrons. The largest absolute Gasteiger partial charge is 0.379 e. The van der Waals surface area contributed by atoms with Gasteiger partial charge in [-0.1, -0.05) is 13.8 Å². The van der Waals surface area contributed by atoms with E-state index < -0.39 is 0 Å². The van der Waals surface area contributed by atoms with Gasteiger partial charge in [0.05, 0.1) is 6.34 Å². The van der Waals surface area contributed by atoms with Crippen LogP contribution in [-0.4, -0.2) is 19.2 Å². The van der Waals surface area contributed by atoms with Crippen LogP contribution in [0.25, 0.3) is 0 Å². The number of rotatable bonds is 4. The molecule has 0 aliphatic rings. The van der Waals surface area contributed by atoms with E-state index in [1.54, 1.807) is 26.5 Å². The first kappa shape index (κ1) is 10.9. The molecule has 12 heavy (non-hydrogen) atoms. The van der Waals surface area contributed by atoms with Crippen LogP contribution in [0.2, 0.25) is 0 Å². The van der Waals surface area contributed by atoms with E-state index >= 15 is 0 Å². The molecule has 0 unspecified atom stereocenters. The van der Waals surface area contributed by atoms with Gasteiger partial charge >= 0.3 is 0 Å². The van der Waals surface area contributed by atoms with Crippen molar-refractivity contribution < 1.29 is 4.79 Å². The molecule has 3 heteroatoms. The number of Topliss-reactive ketones (excluding diaryl/α,β-unsaturated/α-hetero) is 1. The van der Waals surface area contributed by atoms with Gasteiger partial charge in [0.1, 0.15) is 0 Å². The molecule has 0 rings (SSSR count). The fraction of sp³-hybridized carbons (Fsp3) is 0.556. The highest BCUT2D eigenvalue weighted by molar-refractivity contribution is 5.93. The van der Waals surface area contributed by atoms with Crippen molar-refractivity contribution in [1.29, 1.82) is 0 Å². The van der Waals surface area contributed by atoms with Crippen molar-refractivity contribution in [2.45, 2.75) is 20.8 Å². The van der Waals surface area contributed by atoms with Gasteiger partial charge < -0.3 is 5.32 Å². The number of nitrogens with one attached hydrogen (secondary N) is 1. The molecule has 3 nitrogen and oxygen atoms in total. The third-order valence-corrected chi connectivity index (χ3v) is 1.45. The number of hydrogen-bond donors (Lipinski definition) is 1. The lowest BCUT2D eigenvalue weighted by molar-refractivity contribution is -0.114. The van der Waals surface area contributed by atoms with Crippen LogP contribution in [0, 0.1) is 5.92 Å². The Morgan fingerprint density at radius 2 is 2.08 bits per heavy atom. The van der Waals surface area contributed by atoms with E-state index in [1.165, 1.54) is 0 Å². The minimum absolute atomic E-state index is 0.0817. The minimum atomic E-state index is 0.0817. The van der Waals surface area contributed by atoms with Crippen molar-refractivity contribution in [3.63, 3.8) is 0 Å². The van der Waals surface area contributed by atoms with E-state index in [0.717, 1.165) is 5.57 Å². The average Bonchev–Trinajstić information content (AvgIpc) is 1.96. The molecule has 0 aromatic rings. The minimum Gasteiger partial charge on any atom is -0.379 e. The Bertz CT molecular complexity index is 205. The predicted molar refractivity (Wildman–Crippen MR) is 51.2 cm³/mol. The summed E-state index contributed by atoms with van der Waals surface area (Å²) in [5.41, 5.74) is 0.751.